The summed E-state index contributed by atoms with van der Waals surface area (Å²) in [5, 5.41) is 5.10. The summed E-state index contributed by atoms with van der Waals surface area (Å²) in [6.45, 7) is 2.16. The van der Waals surface area contributed by atoms with Crippen LogP contribution in [-0.4, -0.2) is 0 Å². The monoisotopic (exact) mass is 378 g/mol. The molecule has 0 atom stereocenters. The molecular weight excluding hydrogens is 360 g/mol. The molecule has 134 valence electrons. The molecule has 6 aromatic rings. The molecule has 2 heterocycles. The molecule has 0 aliphatic carbocycles. The van der Waals surface area contributed by atoms with Crippen LogP contribution < -0.4 is 0 Å². The Labute approximate surface area is 166 Å². The Morgan fingerprint density at radius 3 is 2.39 bits per heavy atom. The van der Waals surface area contributed by atoms with Gasteiger partial charge in [0, 0.05) is 30.9 Å². The average molecular weight is 378 g/mol. The predicted molar refractivity (Wildman–Crippen MR) is 121 cm³/mol. The van der Waals surface area contributed by atoms with Gasteiger partial charge in [-0.1, -0.05) is 48.5 Å². The third-order valence-corrected chi connectivity index (χ3v) is 6.68. The third-order valence-electron chi connectivity index (χ3n) is 5.54. The lowest BCUT2D eigenvalue weighted by Gasteiger charge is -2.03. The Morgan fingerprint density at radius 1 is 0.643 bits per heavy atom. The number of benzene rings is 4. The van der Waals surface area contributed by atoms with E-state index in [4.69, 9.17) is 4.42 Å². The van der Waals surface area contributed by atoms with Crippen molar-refractivity contribution in [2.45, 2.75) is 13.3 Å². The first-order chi connectivity index (χ1) is 13.7. The van der Waals surface area contributed by atoms with Gasteiger partial charge in [-0.3, -0.25) is 0 Å². The van der Waals surface area contributed by atoms with Gasteiger partial charge >= 0.3 is 0 Å². The Morgan fingerprint density at radius 2 is 1.43 bits per heavy atom. The Hall–Kier alpha value is -3.10. The highest BCUT2D eigenvalue weighted by molar-refractivity contribution is 7.25. The fourth-order valence-electron chi connectivity index (χ4n) is 4.16. The normalized spacial score (nSPS) is 11.9. The number of para-hydroxylation sites is 1. The van der Waals surface area contributed by atoms with E-state index >= 15 is 0 Å². The van der Waals surface area contributed by atoms with Crippen LogP contribution in [0.3, 0.4) is 0 Å². The molecule has 2 aromatic heterocycles. The van der Waals surface area contributed by atoms with E-state index in [1.165, 1.54) is 47.6 Å². The highest BCUT2D eigenvalue weighted by Gasteiger charge is 2.09. The first-order valence-corrected chi connectivity index (χ1v) is 10.4. The van der Waals surface area contributed by atoms with Gasteiger partial charge < -0.3 is 4.42 Å². The fourth-order valence-corrected chi connectivity index (χ4v) is 5.34. The van der Waals surface area contributed by atoms with Crippen molar-refractivity contribution in [1.29, 1.82) is 0 Å². The van der Waals surface area contributed by atoms with Crippen LogP contribution in [0.5, 0.6) is 0 Å². The van der Waals surface area contributed by atoms with E-state index in [0.29, 0.717) is 0 Å². The lowest BCUT2D eigenvalue weighted by atomic mass is 10.0. The summed E-state index contributed by atoms with van der Waals surface area (Å²) in [5.74, 6) is 0. The largest absolute Gasteiger partial charge is 0.456 e. The number of furan rings is 1. The van der Waals surface area contributed by atoms with Gasteiger partial charge in [-0.15, -0.1) is 11.3 Å². The maximum absolute atomic E-state index is 6.06. The zero-order chi connectivity index (χ0) is 18.7. The van der Waals surface area contributed by atoms with Crippen LogP contribution in [-0.2, 0) is 6.42 Å². The van der Waals surface area contributed by atoms with Crippen LogP contribution in [0.4, 0.5) is 0 Å². The summed E-state index contributed by atoms with van der Waals surface area (Å²) in [4.78, 5) is 0. The minimum atomic E-state index is 0.909. The van der Waals surface area contributed by atoms with Gasteiger partial charge in [-0.2, -0.15) is 0 Å². The van der Waals surface area contributed by atoms with Crippen molar-refractivity contribution in [3.63, 3.8) is 0 Å². The smallest absolute Gasteiger partial charge is 0.135 e. The van der Waals surface area contributed by atoms with E-state index in [1.807, 2.05) is 23.5 Å². The maximum atomic E-state index is 6.06. The molecule has 0 unspecified atom stereocenters. The molecule has 0 amide bonds. The summed E-state index contributed by atoms with van der Waals surface area (Å²) in [7, 11) is 0. The summed E-state index contributed by atoms with van der Waals surface area (Å²) >= 11 is 1.88. The van der Waals surface area contributed by atoms with Crippen LogP contribution in [0.15, 0.2) is 83.3 Å². The van der Waals surface area contributed by atoms with Gasteiger partial charge in [0.05, 0.1) is 0 Å². The molecule has 1 nitrogen and oxygen atoms in total. The molecule has 2 heteroatoms. The Balaban J connectivity index is 1.43. The van der Waals surface area contributed by atoms with Crippen molar-refractivity contribution in [2.75, 3.05) is 0 Å². The minimum Gasteiger partial charge on any atom is -0.456 e. The van der Waals surface area contributed by atoms with Crippen LogP contribution >= 0.6 is 11.3 Å². The molecule has 28 heavy (non-hydrogen) atoms. The highest BCUT2D eigenvalue weighted by Crippen LogP contribution is 2.35. The Kier molecular flexibility index (Phi) is 3.38. The van der Waals surface area contributed by atoms with Crippen molar-refractivity contribution in [3.05, 3.63) is 95.6 Å². The summed E-state index contributed by atoms with van der Waals surface area (Å²) in [6, 6.07) is 28.5. The zero-order valence-electron chi connectivity index (χ0n) is 15.5. The van der Waals surface area contributed by atoms with Gasteiger partial charge in [0.25, 0.3) is 0 Å². The van der Waals surface area contributed by atoms with Gasteiger partial charge in [0.15, 0.2) is 0 Å². The molecule has 0 aliphatic heterocycles. The highest BCUT2D eigenvalue weighted by atomic mass is 32.1. The van der Waals surface area contributed by atoms with Crippen molar-refractivity contribution in [1.82, 2.24) is 0 Å². The van der Waals surface area contributed by atoms with Crippen LogP contribution in [0, 0.1) is 6.92 Å². The second-order valence-corrected chi connectivity index (χ2v) is 8.62. The van der Waals surface area contributed by atoms with Gasteiger partial charge in [-0.05, 0) is 60.4 Å². The van der Waals surface area contributed by atoms with Crippen LogP contribution in [0.25, 0.3) is 42.1 Å². The molecule has 0 bridgehead atoms. The van der Waals surface area contributed by atoms with E-state index in [2.05, 4.69) is 73.7 Å². The van der Waals surface area contributed by atoms with E-state index in [0.717, 1.165) is 17.6 Å². The SMILES string of the molecule is Cc1ccc2c(c1)sc1ccc(Cc3ccc4c(c3)oc3ccccc34)cc12. The third kappa shape index (κ3) is 2.45. The minimum absolute atomic E-state index is 0.909. The standard InChI is InChI=1S/C26H18OS/c1-16-6-9-21-22-14-17(8-11-25(22)28-26(21)12-16)13-18-7-10-20-19-4-2-3-5-23(19)27-24(20)15-18/h2-12,14-15H,13H2,1H3. The van der Waals surface area contributed by atoms with Crippen LogP contribution in [0.1, 0.15) is 16.7 Å². The van der Waals surface area contributed by atoms with E-state index in [-0.39, 0.29) is 0 Å². The lowest BCUT2D eigenvalue weighted by Crippen LogP contribution is -1.87. The van der Waals surface area contributed by atoms with Gasteiger partial charge in [-0.25, -0.2) is 0 Å². The van der Waals surface area contributed by atoms with E-state index in [1.54, 1.807) is 0 Å². The number of hydrogen-bond donors (Lipinski definition) is 0. The maximum Gasteiger partial charge on any atom is 0.135 e. The first-order valence-electron chi connectivity index (χ1n) is 9.57. The molecule has 0 radical (unpaired) electrons. The van der Waals surface area contributed by atoms with E-state index < -0.39 is 0 Å². The van der Waals surface area contributed by atoms with E-state index in [9.17, 15) is 0 Å². The van der Waals surface area contributed by atoms with Gasteiger partial charge in [0.2, 0.25) is 0 Å². The first kappa shape index (κ1) is 15.9. The van der Waals surface area contributed by atoms with Crippen molar-refractivity contribution in [3.8, 4) is 0 Å². The Bertz CT molecular complexity index is 1500. The topological polar surface area (TPSA) is 13.1 Å². The summed E-state index contributed by atoms with van der Waals surface area (Å²) in [5.41, 5.74) is 5.86. The number of aryl methyl sites for hydroxylation is 1. The number of hydrogen-bond acceptors (Lipinski definition) is 2. The fraction of sp³-hybridized carbons (Fsp3) is 0.0769. The molecule has 0 aliphatic rings. The molecule has 0 fully saturated rings. The van der Waals surface area contributed by atoms with Crippen molar-refractivity contribution >= 4 is 53.4 Å². The van der Waals surface area contributed by atoms with Crippen LogP contribution in [0.2, 0.25) is 0 Å². The second kappa shape index (κ2) is 5.95. The zero-order valence-corrected chi connectivity index (χ0v) is 16.3. The number of rotatable bonds is 2. The lowest BCUT2D eigenvalue weighted by molar-refractivity contribution is 0.668. The predicted octanol–water partition coefficient (Wildman–Crippen LogP) is 7.85. The molecule has 0 spiro atoms. The summed E-state index contributed by atoms with van der Waals surface area (Å²) < 4.78 is 8.79. The molecule has 6 rings (SSSR count). The number of thiophene rings is 1. The van der Waals surface area contributed by atoms with Crippen molar-refractivity contribution in [2.24, 2.45) is 0 Å². The molecule has 0 saturated carbocycles. The molecule has 0 saturated heterocycles. The molecule has 0 N–H and O–H groups in total. The summed E-state index contributed by atoms with van der Waals surface area (Å²) in [6.07, 6.45) is 0.909. The molecule has 4 aromatic carbocycles. The second-order valence-electron chi connectivity index (χ2n) is 7.54. The number of fused-ring (bicyclic) bond motifs is 6. The van der Waals surface area contributed by atoms with Crippen molar-refractivity contribution < 1.29 is 4.42 Å². The average Bonchev–Trinajstić information content (AvgIpc) is 3.24. The molecular formula is C26H18OS. The quantitative estimate of drug-likeness (QED) is 0.299. The van der Waals surface area contributed by atoms with Gasteiger partial charge in [0.1, 0.15) is 11.2 Å².